The minimum atomic E-state index is 0.414. The Morgan fingerprint density at radius 1 is 1.33 bits per heavy atom. The summed E-state index contributed by atoms with van der Waals surface area (Å²) in [5.74, 6) is 0. The van der Waals surface area contributed by atoms with Crippen LogP contribution in [0.2, 0.25) is 0 Å². The quantitative estimate of drug-likeness (QED) is 0.856. The molecule has 2 aromatic heterocycles. The van der Waals surface area contributed by atoms with Crippen molar-refractivity contribution in [2.75, 3.05) is 6.54 Å². The van der Waals surface area contributed by atoms with E-state index in [2.05, 4.69) is 47.7 Å². The minimum absolute atomic E-state index is 0.414. The van der Waals surface area contributed by atoms with E-state index in [0.717, 1.165) is 19.4 Å². The van der Waals surface area contributed by atoms with Gasteiger partial charge in [0.2, 0.25) is 0 Å². The number of aromatic nitrogens is 1. The van der Waals surface area contributed by atoms with Crippen molar-refractivity contribution in [3.05, 3.63) is 52.0 Å². The second-order valence-electron chi connectivity index (χ2n) is 4.56. The lowest BCUT2D eigenvalue weighted by atomic mass is 10.0. The summed E-state index contributed by atoms with van der Waals surface area (Å²) in [5.41, 5.74) is 2.74. The highest BCUT2D eigenvalue weighted by molar-refractivity contribution is 7.10. The van der Waals surface area contributed by atoms with Crippen molar-refractivity contribution in [3.63, 3.8) is 0 Å². The van der Waals surface area contributed by atoms with Gasteiger partial charge >= 0.3 is 0 Å². The number of nitrogens with one attached hydrogen (secondary N) is 1. The Morgan fingerprint density at radius 2 is 2.11 bits per heavy atom. The lowest BCUT2D eigenvalue weighted by molar-refractivity contribution is 0.530. The Morgan fingerprint density at radius 3 is 2.72 bits per heavy atom. The van der Waals surface area contributed by atoms with E-state index in [4.69, 9.17) is 0 Å². The van der Waals surface area contributed by atoms with Crippen LogP contribution in [0.3, 0.4) is 0 Å². The van der Waals surface area contributed by atoms with Crippen molar-refractivity contribution < 1.29 is 0 Å². The molecule has 1 unspecified atom stereocenters. The number of hydrogen-bond acceptors (Lipinski definition) is 3. The summed E-state index contributed by atoms with van der Waals surface area (Å²) in [5, 5.41) is 5.90. The molecule has 0 bridgehead atoms. The Labute approximate surface area is 113 Å². The van der Waals surface area contributed by atoms with Gasteiger partial charge in [0.1, 0.15) is 0 Å². The molecule has 0 fully saturated rings. The molecular formula is C15H20N2S. The molecule has 0 saturated heterocycles. The molecule has 0 amide bonds. The molecule has 2 aromatic rings. The van der Waals surface area contributed by atoms with Crippen LogP contribution in [0.4, 0.5) is 0 Å². The van der Waals surface area contributed by atoms with Gasteiger partial charge in [-0.05, 0) is 61.0 Å². The number of nitrogens with zero attached hydrogens (tertiary/aromatic N) is 1. The molecule has 1 atom stereocenters. The van der Waals surface area contributed by atoms with E-state index in [1.165, 1.54) is 16.0 Å². The predicted octanol–water partition coefficient (Wildman–Crippen LogP) is 3.73. The van der Waals surface area contributed by atoms with Gasteiger partial charge in [0.15, 0.2) is 0 Å². The van der Waals surface area contributed by atoms with Crippen LogP contribution < -0.4 is 5.32 Å². The van der Waals surface area contributed by atoms with E-state index in [1.54, 1.807) is 0 Å². The van der Waals surface area contributed by atoms with Crippen LogP contribution in [0.1, 0.15) is 35.4 Å². The molecule has 0 spiro atoms. The third-order valence-corrected chi connectivity index (χ3v) is 3.86. The van der Waals surface area contributed by atoms with Gasteiger partial charge in [-0.1, -0.05) is 6.92 Å². The molecule has 0 saturated carbocycles. The summed E-state index contributed by atoms with van der Waals surface area (Å²) in [6.45, 7) is 5.43. The first-order valence-corrected chi connectivity index (χ1v) is 7.35. The van der Waals surface area contributed by atoms with Crippen LogP contribution in [-0.4, -0.2) is 11.5 Å². The fourth-order valence-corrected chi connectivity index (χ4v) is 2.79. The van der Waals surface area contributed by atoms with E-state index >= 15 is 0 Å². The smallest absolute Gasteiger partial charge is 0.0369 e. The van der Waals surface area contributed by atoms with Crippen molar-refractivity contribution in [2.24, 2.45) is 0 Å². The largest absolute Gasteiger partial charge is 0.310 e. The zero-order valence-electron chi connectivity index (χ0n) is 11.0. The Balaban J connectivity index is 2.10. The minimum Gasteiger partial charge on any atom is -0.310 e. The van der Waals surface area contributed by atoms with Gasteiger partial charge in [-0.3, -0.25) is 4.98 Å². The second kappa shape index (κ2) is 6.66. The highest BCUT2D eigenvalue weighted by Gasteiger charge is 2.12. The lowest BCUT2D eigenvalue weighted by Crippen LogP contribution is -2.23. The van der Waals surface area contributed by atoms with E-state index in [0.29, 0.717) is 6.04 Å². The van der Waals surface area contributed by atoms with Crippen LogP contribution in [0.25, 0.3) is 0 Å². The maximum Gasteiger partial charge on any atom is 0.0369 e. The summed E-state index contributed by atoms with van der Waals surface area (Å²) in [4.78, 5) is 5.45. The highest BCUT2D eigenvalue weighted by atomic mass is 32.1. The van der Waals surface area contributed by atoms with Crippen LogP contribution in [0.5, 0.6) is 0 Å². The van der Waals surface area contributed by atoms with Gasteiger partial charge in [-0.15, -0.1) is 11.3 Å². The van der Waals surface area contributed by atoms with E-state index in [1.807, 2.05) is 23.7 Å². The summed E-state index contributed by atoms with van der Waals surface area (Å²) in [7, 11) is 0. The number of aryl methyl sites for hydroxylation is 1. The summed E-state index contributed by atoms with van der Waals surface area (Å²) in [6.07, 6.45) is 5.92. The van der Waals surface area contributed by atoms with E-state index < -0.39 is 0 Å². The van der Waals surface area contributed by atoms with Crippen LogP contribution in [-0.2, 0) is 6.42 Å². The maximum atomic E-state index is 4.07. The SMILES string of the molecule is CCCNC(Cc1ccncc1)c1csc(C)c1. The number of thiophene rings is 1. The molecule has 0 aromatic carbocycles. The molecule has 1 N–H and O–H groups in total. The van der Waals surface area contributed by atoms with Crippen molar-refractivity contribution in [2.45, 2.75) is 32.7 Å². The molecule has 0 radical (unpaired) electrons. The van der Waals surface area contributed by atoms with Gasteiger partial charge in [0, 0.05) is 23.3 Å². The Hall–Kier alpha value is -1.19. The predicted molar refractivity (Wildman–Crippen MR) is 78.0 cm³/mol. The van der Waals surface area contributed by atoms with Crippen molar-refractivity contribution >= 4 is 11.3 Å². The van der Waals surface area contributed by atoms with Gasteiger partial charge in [-0.25, -0.2) is 0 Å². The molecule has 96 valence electrons. The highest BCUT2D eigenvalue weighted by Crippen LogP contribution is 2.23. The van der Waals surface area contributed by atoms with Gasteiger partial charge < -0.3 is 5.32 Å². The molecular weight excluding hydrogens is 240 g/mol. The normalized spacial score (nSPS) is 12.6. The standard InChI is InChI=1S/C15H20N2S/c1-3-6-17-15(14-9-12(2)18-11-14)10-13-4-7-16-8-5-13/h4-5,7-9,11,15,17H,3,6,10H2,1-2H3. The fraction of sp³-hybridized carbons (Fsp3) is 0.400. The monoisotopic (exact) mass is 260 g/mol. The molecule has 2 nitrogen and oxygen atoms in total. The molecule has 3 heteroatoms. The Kier molecular flexibility index (Phi) is 4.90. The average molecular weight is 260 g/mol. The second-order valence-corrected chi connectivity index (χ2v) is 5.67. The number of pyridine rings is 1. The molecule has 18 heavy (non-hydrogen) atoms. The van der Waals surface area contributed by atoms with Crippen molar-refractivity contribution in [1.82, 2.24) is 10.3 Å². The number of rotatable bonds is 6. The average Bonchev–Trinajstić information content (AvgIpc) is 2.82. The van der Waals surface area contributed by atoms with Crippen molar-refractivity contribution in [1.29, 1.82) is 0 Å². The van der Waals surface area contributed by atoms with Gasteiger partial charge in [-0.2, -0.15) is 0 Å². The van der Waals surface area contributed by atoms with Gasteiger partial charge in [0.05, 0.1) is 0 Å². The van der Waals surface area contributed by atoms with Crippen LogP contribution >= 0.6 is 11.3 Å². The summed E-state index contributed by atoms with van der Waals surface area (Å²) in [6, 6.07) is 6.90. The third kappa shape index (κ3) is 3.65. The van der Waals surface area contributed by atoms with Gasteiger partial charge in [0.25, 0.3) is 0 Å². The molecule has 0 aliphatic rings. The molecule has 0 aliphatic carbocycles. The lowest BCUT2D eigenvalue weighted by Gasteiger charge is -2.17. The third-order valence-electron chi connectivity index (χ3n) is 2.98. The molecule has 2 heterocycles. The summed E-state index contributed by atoms with van der Waals surface area (Å²) >= 11 is 1.82. The first kappa shape index (κ1) is 13.2. The topological polar surface area (TPSA) is 24.9 Å². The van der Waals surface area contributed by atoms with Crippen molar-refractivity contribution in [3.8, 4) is 0 Å². The van der Waals surface area contributed by atoms with E-state index in [-0.39, 0.29) is 0 Å². The first-order chi connectivity index (χ1) is 8.79. The first-order valence-electron chi connectivity index (χ1n) is 6.47. The fourth-order valence-electron chi connectivity index (χ4n) is 2.03. The molecule has 2 rings (SSSR count). The maximum absolute atomic E-state index is 4.07. The number of hydrogen-bond donors (Lipinski definition) is 1. The van der Waals surface area contributed by atoms with Crippen LogP contribution in [0.15, 0.2) is 36.0 Å². The summed E-state index contributed by atoms with van der Waals surface area (Å²) < 4.78 is 0. The van der Waals surface area contributed by atoms with Crippen LogP contribution in [0, 0.1) is 6.92 Å². The van der Waals surface area contributed by atoms with E-state index in [9.17, 15) is 0 Å². The Bertz CT molecular complexity index is 464. The molecule has 0 aliphatic heterocycles. The zero-order valence-corrected chi connectivity index (χ0v) is 11.8. The zero-order chi connectivity index (χ0) is 12.8.